The lowest BCUT2D eigenvalue weighted by Gasteiger charge is -2.41. The Kier molecular flexibility index (Phi) is 4.11. The smallest absolute Gasteiger partial charge is 0.0355 e. The molecule has 0 aliphatic heterocycles. The fourth-order valence-electron chi connectivity index (χ4n) is 4.19. The molecule has 0 saturated heterocycles. The van der Waals surface area contributed by atoms with Crippen LogP contribution in [0.25, 0.3) is 0 Å². The minimum Gasteiger partial charge on any atom is -0.0651 e. The number of hydrogen-bond donors (Lipinski definition) is 0. The second kappa shape index (κ2) is 5.37. The summed E-state index contributed by atoms with van der Waals surface area (Å²) in [4.78, 5) is 0. The van der Waals surface area contributed by atoms with Crippen molar-refractivity contribution in [3.63, 3.8) is 0 Å². The molecule has 0 amide bonds. The molecule has 0 heteroatoms. The molecule has 2 saturated carbocycles. The van der Waals surface area contributed by atoms with Gasteiger partial charge in [0.15, 0.2) is 0 Å². The summed E-state index contributed by atoms with van der Waals surface area (Å²) < 4.78 is 0. The Balaban J connectivity index is 2.02. The van der Waals surface area contributed by atoms with Crippen LogP contribution in [0.4, 0.5) is 0 Å². The summed E-state index contributed by atoms with van der Waals surface area (Å²) in [5.41, 5.74) is 0. The van der Waals surface area contributed by atoms with Gasteiger partial charge in [0.05, 0.1) is 0 Å². The fraction of sp³-hybridized carbons (Fsp3) is 1.00. The Morgan fingerprint density at radius 1 is 0.933 bits per heavy atom. The van der Waals surface area contributed by atoms with Crippen molar-refractivity contribution in [3.05, 3.63) is 0 Å². The fourth-order valence-corrected chi connectivity index (χ4v) is 4.19. The lowest BCUT2D eigenvalue weighted by atomic mass is 9.65. The molecule has 2 rings (SSSR count). The van der Waals surface area contributed by atoms with Crippen molar-refractivity contribution in [1.29, 1.82) is 0 Å². The minimum atomic E-state index is 1.00. The average molecular weight is 208 g/mol. The Hall–Kier alpha value is 0. The first kappa shape index (κ1) is 11.5. The van der Waals surface area contributed by atoms with Crippen LogP contribution < -0.4 is 0 Å². The van der Waals surface area contributed by atoms with Gasteiger partial charge in [0, 0.05) is 0 Å². The minimum absolute atomic E-state index is 1.00. The first-order valence-electron chi connectivity index (χ1n) is 7.31. The number of rotatable bonds is 1. The van der Waals surface area contributed by atoms with Crippen LogP contribution in [0.3, 0.4) is 0 Å². The van der Waals surface area contributed by atoms with E-state index in [1.807, 2.05) is 0 Å². The van der Waals surface area contributed by atoms with Crippen LogP contribution in [-0.4, -0.2) is 0 Å². The molecule has 2 fully saturated rings. The van der Waals surface area contributed by atoms with Crippen molar-refractivity contribution >= 4 is 0 Å². The molecule has 0 bridgehead atoms. The molecule has 2 aliphatic rings. The molecule has 0 heterocycles. The van der Waals surface area contributed by atoms with Crippen LogP contribution in [0.15, 0.2) is 0 Å². The maximum absolute atomic E-state index is 2.49. The molecule has 0 aromatic carbocycles. The molecule has 0 aromatic heterocycles. The summed E-state index contributed by atoms with van der Waals surface area (Å²) in [5, 5.41) is 0. The van der Waals surface area contributed by atoms with E-state index in [1.54, 1.807) is 19.3 Å². The van der Waals surface area contributed by atoms with Gasteiger partial charge in [0.25, 0.3) is 0 Å². The Bertz CT molecular complexity index is 184. The van der Waals surface area contributed by atoms with Crippen LogP contribution in [0.2, 0.25) is 0 Å². The van der Waals surface area contributed by atoms with Crippen molar-refractivity contribution in [1.82, 2.24) is 0 Å². The second-order valence-electron chi connectivity index (χ2n) is 6.15. The van der Waals surface area contributed by atoms with E-state index in [4.69, 9.17) is 0 Å². The highest BCUT2D eigenvalue weighted by molar-refractivity contribution is 4.84. The van der Waals surface area contributed by atoms with Gasteiger partial charge in [0.1, 0.15) is 0 Å². The standard InChI is InChI=1S/C15H28/c1-3-13-9-6-10-14-8-5-4-7-12(2)11-15(13)14/h12-15H,3-11H2,1-2H3. The Labute approximate surface area is 95.8 Å². The third-order valence-corrected chi connectivity index (χ3v) is 5.08. The van der Waals surface area contributed by atoms with Crippen molar-refractivity contribution in [2.24, 2.45) is 23.7 Å². The van der Waals surface area contributed by atoms with Crippen LogP contribution in [0.5, 0.6) is 0 Å². The quantitative estimate of drug-likeness (QED) is 0.567. The zero-order chi connectivity index (χ0) is 10.7. The SMILES string of the molecule is CCC1CCCC2CCCCC(C)CC12. The van der Waals surface area contributed by atoms with Gasteiger partial charge in [-0.2, -0.15) is 0 Å². The van der Waals surface area contributed by atoms with E-state index >= 15 is 0 Å². The van der Waals surface area contributed by atoms with Crippen molar-refractivity contribution in [3.8, 4) is 0 Å². The number of fused-ring (bicyclic) bond motifs is 1. The van der Waals surface area contributed by atoms with E-state index in [-0.39, 0.29) is 0 Å². The lowest BCUT2D eigenvalue weighted by Crippen LogP contribution is -2.30. The summed E-state index contributed by atoms with van der Waals surface area (Å²) >= 11 is 0. The van der Waals surface area contributed by atoms with E-state index < -0.39 is 0 Å². The van der Waals surface area contributed by atoms with Crippen LogP contribution >= 0.6 is 0 Å². The third-order valence-electron chi connectivity index (χ3n) is 5.08. The highest BCUT2D eigenvalue weighted by Gasteiger charge is 2.33. The van der Waals surface area contributed by atoms with Gasteiger partial charge in [-0.1, -0.05) is 65.2 Å². The largest absolute Gasteiger partial charge is 0.0651 e. The van der Waals surface area contributed by atoms with Crippen molar-refractivity contribution < 1.29 is 0 Å². The first-order chi connectivity index (χ1) is 7.31. The predicted molar refractivity (Wildman–Crippen MR) is 66.9 cm³/mol. The van der Waals surface area contributed by atoms with Gasteiger partial charge in [-0.15, -0.1) is 0 Å². The summed E-state index contributed by atoms with van der Waals surface area (Å²) in [7, 11) is 0. The zero-order valence-corrected chi connectivity index (χ0v) is 10.7. The Morgan fingerprint density at radius 2 is 1.67 bits per heavy atom. The first-order valence-corrected chi connectivity index (χ1v) is 7.31. The average Bonchev–Trinajstić information content (AvgIpc) is 2.23. The summed E-state index contributed by atoms with van der Waals surface area (Å²) in [6.45, 7) is 4.90. The third kappa shape index (κ3) is 2.77. The van der Waals surface area contributed by atoms with Gasteiger partial charge in [0.2, 0.25) is 0 Å². The lowest BCUT2D eigenvalue weighted by molar-refractivity contribution is 0.100. The van der Waals surface area contributed by atoms with Crippen LogP contribution in [0, 0.1) is 23.7 Å². The molecule has 0 N–H and O–H groups in total. The van der Waals surface area contributed by atoms with Crippen LogP contribution in [-0.2, 0) is 0 Å². The molecule has 0 aromatic rings. The molecule has 2 aliphatic carbocycles. The molecule has 88 valence electrons. The predicted octanol–water partition coefficient (Wildman–Crippen LogP) is 5.03. The van der Waals surface area contributed by atoms with Gasteiger partial charge in [-0.3, -0.25) is 0 Å². The molecular formula is C15H28. The monoisotopic (exact) mass is 208 g/mol. The van der Waals surface area contributed by atoms with E-state index in [1.165, 1.54) is 38.5 Å². The molecule has 0 spiro atoms. The highest BCUT2D eigenvalue weighted by atomic mass is 14.4. The van der Waals surface area contributed by atoms with Crippen molar-refractivity contribution in [2.45, 2.75) is 71.6 Å². The van der Waals surface area contributed by atoms with Crippen LogP contribution in [0.1, 0.15) is 71.6 Å². The van der Waals surface area contributed by atoms with Gasteiger partial charge < -0.3 is 0 Å². The number of hydrogen-bond acceptors (Lipinski definition) is 0. The van der Waals surface area contributed by atoms with Gasteiger partial charge in [-0.25, -0.2) is 0 Å². The second-order valence-corrected chi connectivity index (χ2v) is 6.15. The molecule has 0 nitrogen and oxygen atoms in total. The van der Waals surface area contributed by atoms with Gasteiger partial charge in [-0.05, 0) is 30.1 Å². The van der Waals surface area contributed by atoms with E-state index in [9.17, 15) is 0 Å². The van der Waals surface area contributed by atoms with E-state index in [0.29, 0.717) is 0 Å². The normalized spacial score (nSPS) is 42.8. The molecule has 4 unspecified atom stereocenters. The Morgan fingerprint density at radius 3 is 2.47 bits per heavy atom. The zero-order valence-electron chi connectivity index (χ0n) is 10.7. The van der Waals surface area contributed by atoms with E-state index in [2.05, 4.69) is 13.8 Å². The van der Waals surface area contributed by atoms with Crippen molar-refractivity contribution in [2.75, 3.05) is 0 Å². The maximum Gasteiger partial charge on any atom is -0.0355 e. The molecule has 4 atom stereocenters. The summed E-state index contributed by atoms with van der Waals surface area (Å²) in [6, 6.07) is 0. The van der Waals surface area contributed by atoms with E-state index in [0.717, 1.165) is 23.7 Å². The maximum atomic E-state index is 2.49. The summed E-state index contributed by atoms with van der Waals surface area (Å²) in [6.07, 6.45) is 13.7. The molecular weight excluding hydrogens is 180 g/mol. The summed E-state index contributed by atoms with van der Waals surface area (Å²) in [5.74, 6) is 4.28. The molecule has 0 radical (unpaired) electrons. The molecule has 15 heavy (non-hydrogen) atoms. The topological polar surface area (TPSA) is 0 Å². The highest BCUT2D eigenvalue weighted by Crippen LogP contribution is 2.44. The van der Waals surface area contributed by atoms with Gasteiger partial charge >= 0.3 is 0 Å².